The molecule has 30 heavy (non-hydrogen) atoms. The van der Waals surface area contributed by atoms with Crippen LogP contribution in [0.1, 0.15) is 43.7 Å². The van der Waals surface area contributed by atoms with E-state index in [1.807, 2.05) is 0 Å². The molecule has 6 nitrogen and oxygen atoms in total. The lowest BCUT2D eigenvalue weighted by molar-refractivity contribution is 0.0368. The number of likely N-dealkylation sites (tertiary alicyclic amines) is 1. The smallest absolute Gasteiger partial charge is 0.191 e. The quantitative estimate of drug-likeness (QED) is 0.247. The Hall–Kier alpha value is -0.900. The van der Waals surface area contributed by atoms with Gasteiger partial charge < -0.3 is 20.5 Å². The summed E-state index contributed by atoms with van der Waals surface area (Å²) < 4.78 is 5.56. The van der Waals surface area contributed by atoms with Gasteiger partial charge in [0.1, 0.15) is 0 Å². The first kappa shape index (κ1) is 25.4. The summed E-state index contributed by atoms with van der Waals surface area (Å²) in [5.74, 6) is 1.52. The van der Waals surface area contributed by atoms with E-state index in [1.165, 1.54) is 24.0 Å². The van der Waals surface area contributed by atoms with Crippen LogP contribution in [0.3, 0.4) is 0 Å². The van der Waals surface area contributed by atoms with Gasteiger partial charge in [-0.15, -0.1) is 24.0 Å². The minimum Gasteiger partial charge on any atom is -0.389 e. The summed E-state index contributed by atoms with van der Waals surface area (Å²) in [6.45, 7) is 9.74. The van der Waals surface area contributed by atoms with Crippen LogP contribution in [0.25, 0.3) is 0 Å². The number of piperidine rings is 1. The van der Waals surface area contributed by atoms with Crippen molar-refractivity contribution in [1.82, 2.24) is 15.5 Å². The van der Waals surface area contributed by atoms with Gasteiger partial charge in [0.25, 0.3) is 0 Å². The Bertz CT molecular complexity index is 646. The van der Waals surface area contributed by atoms with E-state index >= 15 is 0 Å². The number of nitrogens with one attached hydrogen (secondary N) is 2. The lowest BCUT2D eigenvalue weighted by Crippen LogP contribution is -2.48. The predicted molar refractivity (Wildman–Crippen MR) is 134 cm³/mol. The van der Waals surface area contributed by atoms with Gasteiger partial charge in [-0.2, -0.15) is 0 Å². The first-order chi connectivity index (χ1) is 14.1. The van der Waals surface area contributed by atoms with E-state index in [4.69, 9.17) is 4.74 Å². The monoisotopic (exact) mass is 530 g/mol. The molecular formula is C23H39IN4O2. The largest absolute Gasteiger partial charge is 0.389 e. The molecule has 0 amide bonds. The van der Waals surface area contributed by atoms with E-state index in [0.717, 1.165) is 57.5 Å². The van der Waals surface area contributed by atoms with Crippen molar-refractivity contribution >= 4 is 29.9 Å². The van der Waals surface area contributed by atoms with Crippen molar-refractivity contribution in [3.8, 4) is 0 Å². The molecule has 3 rings (SSSR count). The summed E-state index contributed by atoms with van der Waals surface area (Å²) in [4.78, 5) is 7.09. The number of aliphatic imine (C=N–C) groups is 1. The maximum absolute atomic E-state index is 10.1. The fourth-order valence-corrected chi connectivity index (χ4v) is 3.72. The number of aliphatic hydroxyl groups excluding tert-OH is 1. The Morgan fingerprint density at radius 3 is 2.70 bits per heavy atom. The molecule has 170 valence electrons. The number of guanidine groups is 1. The summed E-state index contributed by atoms with van der Waals surface area (Å²) in [5, 5.41) is 17.0. The Kier molecular flexibility index (Phi) is 11.4. The summed E-state index contributed by atoms with van der Waals surface area (Å²) >= 11 is 0. The second-order valence-corrected chi connectivity index (χ2v) is 8.54. The molecule has 1 heterocycles. The number of aliphatic hydroxyl groups is 1. The van der Waals surface area contributed by atoms with Gasteiger partial charge in [-0.05, 0) is 51.0 Å². The SMILES string of the molecule is CCNC(=NCC(O)COCC1CC1)NC1CCN(Cc2cccc(C)c2)CC1.I. The van der Waals surface area contributed by atoms with E-state index in [9.17, 15) is 5.11 Å². The molecule has 0 radical (unpaired) electrons. The summed E-state index contributed by atoms with van der Waals surface area (Å²) in [6, 6.07) is 9.21. The number of ether oxygens (including phenoxy) is 1. The van der Waals surface area contributed by atoms with Crippen molar-refractivity contribution < 1.29 is 9.84 Å². The van der Waals surface area contributed by atoms with Gasteiger partial charge in [-0.1, -0.05) is 29.8 Å². The lowest BCUT2D eigenvalue weighted by Gasteiger charge is -2.33. The average Bonchev–Trinajstić information content (AvgIpc) is 3.52. The van der Waals surface area contributed by atoms with Crippen molar-refractivity contribution in [1.29, 1.82) is 0 Å². The number of nitrogens with zero attached hydrogens (tertiary/aromatic N) is 2. The molecule has 7 heteroatoms. The van der Waals surface area contributed by atoms with E-state index in [1.54, 1.807) is 0 Å². The van der Waals surface area contributed by atoms with Crippen LogP contribution in [0.5, 0.6) is 0 Å². The molecule has 2 fully saturated rings. The van der Waals surface area contributed by atoms with Crippen LogP contribution in [0.4, 0.5) is 0 Å². The van der Waals surface area contributed by atoms with Gasteiger partial charge >= 0.3 is 0 Å². The van der Waals surface area contributed by atoms with Crippen molar-refractivity contribution in [3.63, 3.8) is 0 Å². The topological polar surface area (TPSA) is 69.1 Å². The Balaban J connectivity index is 0.00000320. The van der Waals surface area contributed by atoms with E-state index < -0.39 is 6.10 Å². The van der Waals surface area contributed by atoms with Crippen LogP contribution in [0.15, 0.2) is 29.3 Å². The molecule has 1 aromatic rings. The fourth-order valence-electron chi connectivity index (χ4n) is 3.72. The fraction of sp³-hybridized carbons (Fsp3) is 0.696. The highest BCUT2D eigenvalue weighted by molar-refractivity contribution is 14.0. The van der Waals surface area contributed by atoms with Gasteiger partial charge in [-0.3, -0.25) is 9.89 Å². The van der Waals surface area contributed by atoms with Crippen LogP contribution in [0.2, 0.25) is 0 Å². The third kappa shape index (κ3) is 9.49. The lowest BCUT2D eigenvalue weighted by atomic mass is 10.0. The van der Waals surface area contributed by atoms with Gasteiger partial charge in [0.15, 0.2) is 5.96 Å². The number of hydrogen-bond donors (Lipinski definition) is 3. The van der Waals surface area contributed by atoms with Crippen molar-refractivity contribution in [2.45, 2.75) is 58.2 Å². The third-order valence-electron chi connectivity index (χ3n) is 5.58. The van der Waals surface area contributed by atoms with Crippen molar-refractivity contribution in [3.05, 3.63) is 35.4 Å². The van der Waals surface area contributed by atoms with Crippen molar-refractivity contribution in [2.75, 3.05) is 39.4 Å². The van der Waals surface area contributed by atoms with Gasteiger partial charge in [0.2, 0.25) is 0 Å². The Morgan fingerprint density at radius 2 is 2.03 bits per heavy atom. The maximum Gasteiger partial charge on any atom is 0.191 e. The zero-order valence-electron chi connectivity index (χ0n) is 18.5. The zero-order valence-corrected chi connectivity index (χ0v) is 20.8. The number of aryl methyl sites for hydroxylation is 1. The molecule has 1 unspecified atom stereocenters. The molecule has 1 atom stereocenters. The van der Waals surface area contributed by atoms with Crippen LogP contribution >= 0.6 is 24.0 Å². The van der Waals surface area contributed by atoms with Crippen LogP contribution < -0.4 is 10.6 Å². The molecule has 0 bridgehead atoms. The summed E-state index contributed by atoms with van der Waals surface area (Å²) in [7, 11) is 0. The normalized spacial score (nSPS) is 19.2. The van der Waals surface area contributed by atoms with Crippen LogP contribution in [-0.4, -0.2) is 67.5 Å². The number of halogens is 1. The van der Waals surface area contributed by atoms with Gasteiger partial charge in [0, 0.05) is 38.8 Å². The molecule has 1 aromatic carbocycles. The van der Waals surface area contributed by atoms with Gasteiger partial charge in [0.05, 0.1) is 19.3 Å². The first-order valence-corrected chi connectivity index (χ1v) is 11.2. The maximum atomic E-state index is 10.1. The molecule has 0 aromatic heterocycles. The van der Waals surface area contributed by atoms with E-state index in [2.05, 4.69) is 58.6 Å². The minimum absolute atomic E-state index is 0. The molecule has 1 saturated heterocycles. The molecule has 3 N–H and O–H groups in total. The predicted octanol–water partition coefficient (Wildman–Crippen LogP) is 2.92. The molecule has 1 aliphatic carbocycles. The highest BCUT2D eigenvalue weighted by Crippen LogP contribution is 2.28. The summed E-state index contributed by atoms with van der Waals surface area (Å²) in [6.07, 6.45) is 4.20. The highest BCUT2D eigenvalue weighted by atomic mass is 127. The van der Waals surface area contributed by atoms with Crippen LogP contribution in [0, 0.1) is 12.8 Å². The average molecular weight is 530 g/mol. The number of hydrogen-bond acceptors (Lipinski definition) is 4. The third-order valence-corrected chi connectivity index (χ3v) is 5.58. The van der Waals surface area contributed by atoms with Gasteiger partial charge in [-0.25, -0.2) is 0 Å². The molecule has 0 spiro atoms. The highest BCUT2D eigenvalue weighted by Gasteiger charge is 2.22. The molecular weight excluding hydrogens is 491 g/mol. The minimum atomic E-state index is -0.541. The Labute approximate surface area is 198 Å². The van der Waals surface area contributed by atoms with Crippen LogP contribution in [-0.2, 0) is 11.3 Å². The first-order valence-electron chi connectivity index (χ1n) is 11.2. The molecule has 2 aliphatic rings. The second kappa shape index (κ2) is 13.5. The number of rotatable bonds is 10. The van der Waals surface area contributed by atoms with E-state index in [-0.39, 0.29) is 24.0 Å². The standard InChI is InChI=1S/C23H38N4O2.HI/c1-3-24-23(25-14-22(28)17-29-16-19-7-8-19)26-21-9-11-27(12-10-21)15-20-6-4-5-18(2)13-20;/h4-6,13,19,21-22,28H,3,7-12,14-17H2,1-2H3,(H2,24,25,26);1H. The Morgan fingerprint density at radius 1 is 1.27 bits per heavy atom. The van der Waals surface area contributed by atoms with Crippen molar-refractivity contribution in [2.24, 2.45) is 10.9 Å². The number of benzene rings is 1. The summed E-state index contributed by atoms with van der Waals surface area (Å²) in [5.41, 5.74) is 2.72. The van der Waals surface area contributed by atoms with E-state index in [0.29, 0.717) is 19.2 Å². The second-order valence-electron chi connectivity index (χ2n) is 8.54. The molecule has 1 saturated carbocycles. The zero-order chi connectivity index (χ0) is 20.5. The molecule has 1 aliphatic heterocycles.